The van der Waals surface area contributed by atoms with Gasteiger partial charge in [0, 0.05) is 26.5 Å². The summed E-state index contributed by atoms with van der Waals surface area (Å²) >= 11 is 0. The topological polar surface area (TPSA) is 141 Å². The molecule has 0 atom stereocenters. The molecule has 232 valence electrons. The van der Waals surface area contributed by atoms with E-state index in [1.54, 1.807) is 93.3 Å². The number of hydrogen-bond donors (Lipinski definition) is 2. The molecule has 0 aliphatic heterocycles. The number of fused-ring (bicyclic) bond motifs is 2. The number of carboxylic acid groups (broad SMARTS) is 1. The molecule has 6 rings (SSSR count). The number of carbonyl (C=O) groups is 2. The van der Waals surface area contributed by atoms with E-state index in [2.05, 4.69) is 10.3 Å². The van der Waals surface area contributed by atoms with Crippen LogP contribution in [0.2, 0.25) is 0 Å². The second-order valence-electron chi connectivity index (χ2n) is 9.27. The van der Waals surface area contributed by atoms with Crippen LogP contribution < -0.4 is 16.9 Å². The van der Waals surface area contributed by atoms with Gasteiger partial charge < -0.3 is 9.94 Å². The van der Waals surface area contributed by atoms with E-state index < -0.39 is 17.6 Å². The van der Waals surface area contributed by atoms with Crippen LogP contribution in [0.3, 0.4) is 0 Å². The summed E-state index contributed by atoms with van der Waals surface area (Å²) in [6, 6.07) is 27.9. The van der Waals surface area contributed by atoms with Crippen LogP contribution in [-0.4, -0.2) is 68.3 Å². The fraction of sp³-hybridized carbons (Fsp3) is 0.125. The molecular weight excluding hydrogens is 580 g/mol. The molecule has 4 heterocycles. The summed E-state index contributed by atoms with van der Waals surface area (Å²) in [6.45, 7) is 0. The van der Waals surface area contributed by atoms with E-state index in [0.717, 1.165) is 5.06 Å². The largest absolute Gasteiger partial charge is 0.477 e. The van der Waals surface area contributed by atoms with E-state index >= 15 is 0 Å². The van der Waals surface area contributed by atoms with Gasteiger partial charge in [0.1, 0.15) is 11.4 Å². The van der Waals surface area contributed by atoms with Gasteiger partial charge in [-0.2, -0.15) is 0 Å². The van der Waals surface area contributed by atoms with E-state index in [4.69, 9.17) is 4.84 Å². The zero-order valence-corrected chi connectivity index (χ0v) is 25.0. The summed E-state index contributed by atoms with van der Waals surface area (Å²) in [5, 5.41) is 10.4. The fourth-order valence-electron chi connectivity index (χ4n) is 4.41. The maximum Gasteiger partial charge on any atom is 0.353 e. The van der Waals surface area contributed by atoms with Gasteiger partial charge in [0.25, 0.3) is 5.91 Å². The lowest BCUT2D eigenvalue weighted by atomic mass is 10.2. The van der Waals surface area contributed by atoms with E-state index in [1.165, 1.54) is 38.2 Å². The number of carboxylic acids is 1. The van der Waals surface area contributed by atoms with Crippen LogP contribution in [-0.2, 0) is 9.68 Å². The van der Waals surface area contributed by atoms with Crippen molar-refractivity contribution in [3.8, 4) is 11.4 Å². The third kappa shape index (κ3) is 6.91. The highest BCUT2D eigenvalue weighted by Gasteiger charge is 2.20. The lowest BCUT2D eigenvalue weighted by molar-refractivity contribution is -0.0762. The monoisotopic (exact) mass is 612 g/mol. The van der Waals surface area contributed by atoms with Gasteiger partial charge in [-0.25, -0.2) is 24.9 Å². The Balaban J connectivity index is 0.000000185. The van der Waals surface area contributed by atoms with Gasteiger partial charge in [0.2, 0.25) is 0 Å². The van der Waals surface area contributed by atoms with Gasteiger partial charge in [-0.3, -0.25) is 27.6 Å². The molecule has 2 aromatic carbocycles. The smallest absolute Gasteiger partial charge is 0.353 e. The van der Waals surface area contributed by atoms with Crippen LogP contribution in [0, 0.1) is 0 Å². The normalized spacial score (nSPS) is 10.5. The SMILES string of the molecule is CNOC.CON(C)C(=O)c1cc2cccn2c(=O)n1-c1ccccc1.O=C(O)c1cc2cccn2c(=O)n1-c1ccccc1. The lowest BCUT2D eigenvalue weighted by Gasteiger charge is -2.18. The Hall–Kier alpha value is -5.76. The highest BCUT2D eigenvalue weighted by Crippen LogP contribution is 2.14. The molecule has 0 radical (unpaired) electrons. The Kier molecular flexibility index (Phi) is 10.4. The molecule has 0 saturated carbocycles. The number of hydroxylamine groups is 3. The van der Waals surface area contributed by atoms with E-state index in [1.807, 2.05) is 24.3 Å². The number of rotatable bonds is 6. The third-order valence-corrected chi connectivity index (χ3v) is 6.64. The van der Waals surface area contributed by atoms with Crippen LogP contribution in [0.5, 0.6) is 0 Å². The Morgan fingerprint density at radius 2 is 1.13 bits per heavy atom. The molecule has 13 heteroatoms. The van der Waals surface area contributed by atoms with Crippen molar-refractivity contribution in [1.82, 2.24) is 28.5 Å². The van der Waals surface area contributed by atoms with Crippen LogP contribution >= 0.6 is 0 Å². The standard InChI is InChI=1S/C16H15N3O3.C14H10N2O3.C2H7NO/c1-17(22-2)15(20)14-11-13-9-6-10-18(13)16(21)19(14)12-7-4-3-5-8-12;17-13(18)12-9-11-7-4-8-15(11)14(19)16(12)10-5-2-1-3-6-10;1-3-4-2/h3-11H,1-2H3;1-9H,(H,17,18);3H,1-2H3. The summed E-state index contributed by atoms with van der Waals surface area (Å²) in [5.41, 5.74) is 4.29. The summed E-state index contributed by atoms with van der Waals surface area (Å²) in [7, 11) is 6.18. The Morgan fingerprint density at radius 1 is 0.711 bits per heavy atom. The summed E-state index contributed by atoms with van der Waals surface area (Å²) < 4.78 is 5.48. The van der Waals surface area contributed by atoms with Crippen LogP contribution in [0.4, 0.5) is 0 Å². The molecular formula is C32H32N6O7. The molecule has 0 spiro atoms. The second-order valence-corrected chi connectivity index (χ2v) is 9.27. The Bertz CT molecular complexity index is 2030. The number of carbonyl (C=O) groups excluding carboxylic acids is 1. The maximum atomic E-state index is 12.7. The van der Waals surface area contributed by atoms with Crippen molar-refractivity contribution in [3.63, 3.8) is 0 Å². The van der Waals surface area contributed by atoms with Gasteiger partial charge in [0.05, 0.1) is 36.6 Å². The molecule has 0 bridgehead atoms. The molecule has 0 aliphatic carbocycles. The van der Waals surface area contributed by atoms with Crippen molar-refractivity contribution in [2.24, 2.45) is 0 Å². The number of aromatic nitrogens is 4. The van der Waals surface area contributed by atoms with E-state index in [9.17, 15) is 24.3 Å². The number of aromatic carboxylic acids is 1. The number of hydrogen-bond acceptors (Lipinski definition) is 7. The molecule has 0 fully saturated rings. The van der Waals surface area contributed by atoms with Crippen molar-refractivity contribution in [1.29, 1.82) is 0 Å². The van der Waals surface area contributed by atoms with E-state index in [0.29, 0.717) is 22.4 Å². The van der Waals surface area contributed by atoms with Gasteiger partial charge in [-0.1, -0.05) is 36.4 Å². The number of nitrogens with zero attached hydrogens (tertiary/aromatic N) is 5. The number of amides is 1. The molecule has 45 heavy (non-hydrogen) atoms. The minimum atomic E-state index is -1.13. The number of nitrogens with one attached hydrogen (secondary N) is 1. The van der Waals surface area contributed by atoms with Crippen LogP contribution in [0.1, 0.15) is 21.0 Å². The highest BCUT2D eigenvalue weighted by atomic mass is 16.7. The first-order chi connectivity index (χ1) is 21.7. The molecule has 6 aromatic rings. The van der Waals surface area contributed by atoms with Crippen molar-refractivity contribution in [3.05, 3.63) is 142 Å². The molecule has 0 unspecified atom stereocenters. The molecule has 0 aliphatic rings. The van der Waals surface area contributed by atoms with Gasteiger partial charge >= 0.3 is 17.3 Å². The van der Waals surface area contributed by atoms with Crippen molar-refractivity contribution >= 4 is 22.9 Å². The summed E-state index contributed by atoms with van der Waals surface area (Å²) in [5.74, 6) is -1.53. The number of para-hydroxylation sites is 2. The first-order valence-electron chi connectivity index (χ1n) is 13.6. The Morgan fingerprint density at radius 3 is 1.53 bits per heavy atom. The van der Waals surface area contributed by atoms with Crippen LogP contribution in [0.25, 0.3) is 22.4 Å². The zero-order chi connectivity index (χ0) is 32.5. The van der Waals surface area contributed by atoms with Crippen molar-refractivity contribution in [2.45, 2.75) is 0 Å². The predicted molar refractivity (Wildman–Crippen MR) is 168 cm³/mol. The van der Waals surface area contributed by atoms with Gasteiger partial charge in [0.15, 0.2) is 0 Å². The summed E-state index contributed by atoms with van der Waals surface area (Å²) in [6.07, 6.45) is 3.29. The molecule has 2 N–H and O–H groups in total. The maximum absolute atomic E-state index is 12.7. The molecule has 13 nitrogen and oxygen atoms in total. The van der Waals surface area contributed by atoms with Gasteiger partial charge in [-0.05, 0) is 60.7 Å². The first-order valence-corrected chi connectivity index (χ1v) is 13.6. The number of benzene rings is 2. The zero-order valence-electron chi connectivity index (χ0n) is 25.0. The Labute approximate surface area is 257 Å². The quantitative estimate of drug-likeness (QED) is 0.273. The van der Waals surface area contributed by atoms with E-state index in [-0.39, 0.29) is 17.1 Å². The average molecular weight is 613 g/mol. The van der Waals surface area contributed by atoms with Crippen LogP contribution in [0.15, 0.2) is 119 Å². The predicted octanol–water partition coefficient (Wildman–Crippen LogP) is 3.28. The highest BCUT2D eigenvalue weighted by molar-refractivity contribution is 5.93. The van der Waals surface area contributed by atoms with Crippen molar-refractivity contribution < 1.29 is 24.4 Å². The average Bonchev–Trinajstić information content (AvgIpc) is 3.75. The fourth-order valence-corrected chi connectivity index (χ4v) is 4.41. The molecule has 0 saturated heterocycles. The first kappa shape index (κ1) is 32.2. The molecule has 1 amide bonds. The molecule has 4 aromatic heterocycles. The van der Waals surface area contributed by atoms with Crippen molar-refractivity contribution in [2.75, 3.05) is 28.3 Å². The minimum Gasteiger partial charge on any atom is -0.477 e. The minimum absolute atomic E-state index is 0.0533. The third-order valence-electron chi connectivity index (χ3n) is 6.64. The second kappa shape index (κ2) is 14.6. The lowest BCUT2D eigenvalue weighted by Crippen LogP contribution is -2.34. The summed E-state index contributed by atoms with van der Waals surface area (Å²) in [4.78, 5) is 58.2. The van der Waals surface area contributed by atoms with Gasteiger partial charge in [-0.15, -0.1) is 0 Å².